The number of nitrogens with one attached hydrogen (secondary N) is 3. The first-order chi connectivity index (χ1) is 18.2. The van der Waals surface area contributed by atoms with E-state index in [0.717, 1.165) is 6.07 Å². The van der Waals surface area contributed by atoms with Crippen LogP contribution < -0.4 is 15.8 Å². The van der Waals surface area contributed by atoms with Crippen LogP contribution in [0.2, 0.25) is 0 Å². The first-order valence-corrected chi connectivity index (χ1v) is 11.9. The van der Waals surface area contributed by atoms with Gasteiger partial charge in [-0.15, -0.1) is 0 Å². The second-order valence-electron chi connectivity index (χ2n) is 9.12. The van der Waals surface area contributed by atoms with E-state index in [0.29, 0.717) is 54.2 Å². The van der Waals surface area contributed by atoms with Crippen molar-refractivity contribution in [1.82, 2.24) is 29.7 Å². The maximum absolute atomic E-state index is 14.1. The summed E-state index contributed by atoms with van der Waals surface area (Å²) in [7, 11) is 1.72. The molecule has 1 atom stereocenters. The quantitative estimate of drug-likeness (QED) is 0.314. The van der Waals surface area contributed by atoms with Crippen molar-refractivity contribution in [3.05, 3.63) is 52.6 Å². The van der Waals surface area contributed by atoms with Gasteiger partial charge >= 0.3 is 6.18 Å². The van der Waals surface area contributed by atoms with Crippen LogP contribution in [0.4, 0.5) is 24.5 Å². The van der Waals surface area contributed by atoms with Crippen molar-refractivity contribution in [3.63, 3.8) is 0 Å². The molecular weight excluding hydrogens is 505 g/mol. The highest BCUT2D eigenvalue weighted by Gasteiger charge is 2.36. The Bertz CT molecular complexity index is 1680. The number of benzene rings is 1. The first-order valence-electron chi connectivity index (χ1n) is 11.9. The van der Waals surface area contributed by atoms with Gasteiger partial charge < -0.3 is 29.3 Å². The molecule has 3 N–H and O–H groups in total. The number of pyridine rings is 1. The second kappa shape index (κ2) is 8.90. The summed E-state index contributed by atoms with van der Waals surface area (Å²) in [5.74, 6) is 0.107. The number of aromatic nitrogens is 6. The van der Waals surface area contributed by atoms with E-state index >= 15 is 0 Å². The van der Waals surface area contributed by atoms with Crippen LogP contribution in [0.25, 0.3) is 33.5 Å². The van der Waals surface area contributed by atoms with E-state index in [9.17, 15) is 18.0 Å². The largest absolute Gasteiger partial charge is 0.451 e. The maximum Gasteiger partial charge on any atom is 0.418 e. The number of anilines is 2. The van der Waals surface area contributed by atoms with Crippen LogP contribution in [0.5, 0.6) is 0 Å². The molecule has 0 spiro atoms. The zero-order valence-electron chi connectivity index (χ0n) is 20.4. The molecule has 0 radical (unpaired) electrons. The summed E-state index contributed by atoms with van der Waals surface area (Å²) in [4.78, 5) is 29.4. The number of hydrogen-bond acceptors (Lipinski definition) is 8. The third kappa shape index (κ3) is 4.16. The molecule has 1 aliphatic heterocycles. The highest BCUT2D eigenvalue weighted by Crippen LogP contribution is 2.40. The number of imidazole rings is 1. The molecule has 1 unspecified atom stereocenters. The molecule has 5 heterocycles. The van der Waals surface area contributed by atoms with E-state index in [1.54, 1.807) is 22.8 Å². The molecule has 1 saturated heterocycles. The number of fused-ring (bicyclic) bond motifs is 2. The van der Waals surface area contributed by atoms with Gasteiger partial charge in [-0.3, -0.25) is 9.48 Å². The van der Waals surface area contributed by atoms with Crippen LogP contribution in [0.15, 0.2) is 40.2 Å². The Morgan fingerprint density at radius 1 is 1.16 bits per heavy atom. The Morgan fingerprint density at radius 3 is 2.66 bits per heavy atom. The van der Waals surface area contributed by atoms with E-state index in [-0.39, 0.29) is 28.6 Å². The summed E-state index contributed by atoms with van der Waals surface area (Å²) in [5.41, 5.74) is 1.23. The van der Waals surface area contributed by atoms with E-state index in [4.69, 9.17) is 9.15 Å². The zero-order valence-corrected chi connectivity index (χ0v) is 20.4. The molecule has 5 aromatic rings. The molecule has 4 aromatic heterocycles. The van der Waals surface area contributed by atoms with Crippen LogP contribution in [-0.4, -0.2) is 56.0 Å². The van der Waals surface area contributed by atoms with E-state index in [1.807, 2.05) is 6.92 Å². The van der Waals surface area contributed by atoms with Crippen molar-refractivity contribution in [2.45, 2.75) is 19.1 Å². The maximum atomic E-state index is 14.1. The van der Waals surface area contributed by atoms with E-state index < -0.39 is 17.3 Å². The summed E-state index contributed by atoms with van der Waals surface area (Å²) in [6.45, 7) is 3.17. The van der Waals surface area contributed by atoms with Gasteiger partial charge in [0.1, 0.15) is 28.9 Å². The molecule has 1 aliphatic rings. The molecule has 0 saturated carbocycles. The molecule has 6 rings (SSSR count). The monoisotopic (exact) mass is 528 g/mol. The van der Waals surface area contributed by atoms with Crippen molar-refractivity contribution in [1.29, 1.82) is 0 Å². The normalized spacial score (nSPS) is 15.4. The predicted octanol–water partition coefficient (Wildman–Crippen LogP) is 3.82. The molecular formula is C24H23F3N8O3. The van der Waals surface area contributed by atoms with Gasteiger partial charge in [-0.05, 0) is 19.1 Å². The molecule has 11 nitrogen and oxygen atoms in total. The molecule has 0 bridgehead atoms. The van der Waals surface area contributed by atoms with Crippen molar-refractivity contribution in [2.75, 3.05) is 36.5 Å². The van der Waals surface area contributed by atoms with Crippen molar-refractivity contribution in [2.24, 2.45) is 7.05 Å². The molecule has 1 fully saturated rings. The summed E-state index contributed by atoms with van der Waals surface area (Å²) in [5, 5.41) is 7.75. The molecule has 38 heavy (non-hydrogen) atoms. The lowest BCUT2D eigenvalue weighted by Gasteiger charge is -2.31. The summed E-state index contributed by atoms with van der Waals surface area (Å²) < 4.78 is 54.1. The first kappa shape index (κ1) is 24.0. The summed E-state index contributed by atoms with van der Waals surface area (Å²) in [6, 6.07) is 2.06. The van der Waals surface area contributed by atoms with Gasteiger partial charge in [-0.25, -0.2) is 9.97 Å². The van der Waals surface area contributed by atoms with Gasteiger partial charge in [0.25, 0.3) is 5.56 Å². The predicted molar refractivity (Wildman–Crippen MR) is 133 cm³/mol. The fraction of sp³-hybridized carbons (Fsp3) is 0.333. The van der Waals surface area contributed by atoms with Gasteiger partial charge in [0.15, 0.2) is 6.39 Å². The zero-order chi connectivity index (χ0) is 26.6. The minimum absolute atomic E-state index is 0.0376. The minimum Gasteiger partial charge on any atom is -0.451 e. The molecule has 198 valence electrons. The minimum atomic E-state index is -4.59. The number of aryl methyl sites for hydroxylation is 1. The lowest BCUT2D eigenvalue weighted by atomic mass is 10.1. The highest BCUT2D eigenvalue weighted by atomic mass is 19.4. The summed E-state index contributed by atoms with van der Waals surface area (Å²) in [6.07, 6.45) is -0.153. The lowest BCUT2D eigenvalue weighted by molar-refractivity contribution is -0.137. The number of alkyl halides is 3. The highest BCUT2D eigenvalue weighted by molar-refractivity contribution is 5.97. The molecule has 1 aromatic carbocycles. The van der Waals surface area contributed by atoms with Crippen molar-refractivity contribution < 1.29 is 22.3 Å². The average molecular weight is 528 g/mol. The Balaban J connectivity index is 1.53. The Morgan fingerprint density at radius 2 is 1.95 bits per heavy atom. The van der Waals surface area contributed by atoms with E-state index in [1.165, 1.54) is 18.7 Å². The number of morpholine rings is 1. The number of halogens is 3. The van der Waals surface area contributed by atoms with Gasteiger partial charge in [-0.1, -0.05) is 0 Å². The van der Waals surface area contributed by atoms with Crippen LogP contribution in [0, 0.1) is 0 Å². The number of H-pyrrole nitrogens is 2. The van der Waals surface area contributed by atoms with Crippen molar-refractivity contribution >= 4 is 33.4 Å². The third-order valence-corrected chi connectivity index (χ3v) is 6.54. The standard InChI is InChI=1S/C24H23F3N8O3/c1-12(17-10-38-11-28-17)29-21-19(23(36)32-16-9-34(2)33-20(16)21)22-30-14-7-13(24(25,26)27)18(8-15(14)31-22)35-3-5-37-6-4-35/h7-12,29H,3-6H2,1-2H3,(H,30,31)(H,32,36). The van der Waals surface area contributed by atoms with E-state index in [2.05, 4.69) is 30.4 Å². The van der Waals surface area contributed by atoms with Gasteiger partial charge in [0.05, 0.1) is 52.7 Å². The fourth-order valence-electron chi connectivity index (χ4n) is 4.73. The smallest absolute Gasteiger partial charge is 0.418 e. The van der Waals surface area contributed by atoms with Gasteiger partial charge in [0.2, 0.25) is 0 Å². The molecule has 14 heteroatoms. The number of nitrogens with zero attached hydrogens (tertiary/aromatic N) is 5. The third-order valence-electron chi connectivity index (χ3n) is 6.54. The fourth-order valence-corrected chi connectivity index (χ4v) is 4.73. The topological polar surface area (TPSA) is 130 Å². The number of aromatic amines is 2. The number of hydrogen-bond donors (Lipinski definition) is 3. The van der Waals surface area contributed by atoms with Crippen LogP contribution >= 0.6 is 0 Å². The Labute approximate surface area is 212 Å². The molecule has 0 amide bonds. The van der Waals surface area contributed by atoms with Gasteiger partial charge in [-0.2, -0.15) is 18.3 Å². The molecule has 0 aliphatic carbocycles. The number of ether oxygens (including phenoxy) is 1. The van der Waals surface area contributed by atoms with Crippen LogP contribution in [0.3, 0.4) is 0 Å². The lowest BCUT2D eigenvalue weighted by Crippen LogP contribution is -2.37. The van der Waals surface area contributed by atoms with Crippen LogP contribution in [-0.2, 0) is 18.0 Å². The van der Waals surface area contributed by atoms with Crippen molar-refractivity contribution in [3.8, 4) is 11.4 Å². The Kier molecular flexibility index (Phi) is 5.63. The second-order valence-corrected chi connectivity index (χ2v) is 9.12. The SMILES string of the molecule is CC(Nc1c(-c2nc3cc(C(F)(F)F)c(N4CCOCC4)cc3[nH]2)c(=O)[nH]c2cn(C)nc12)c1cocn1. The summed E-state index contributed by atoms with van der Waals surface area (Å²) >= 11 is 0. The van der Waals surface area contributed by atoms with Gasteiger partial charge in [0, 0.05) is 26.3 Å². The number of oxazole rings is 1. The number of rotatable bonds is 5. The van der Waals surface area contributed by atoms with Crippen LogP contribution in [0.1, 0.15) is 24.2 Å². The average Bonchev–Trinajstić information content (AvgIpc) is 3.62. The Hall–Kier alpha value is -4.33.